The van der Waals surface area contributed by atoms with Crippen molar-refractivity contribution in [3.63, 3.8) is 0 Å². The monoisotopic (exact) mass is 975 g/mol. The van der Waals surface area contributed by atoms with Crippen molar-refractivity contribution in [2.24, 2.45) is 0 Å². The number of anilines is 2. The largest absolute Gasteiger partial charge is 0.497 e. The van der Waals surface area contributed by atoms with Crippen LogP contribution in [0.25, 0.3) is 22.3 Å². The van der Waals surface area contributed by atoms with Gasteiger partial charge in [0, 0.05) is 42.2 Å². The van der Waals surface area contributed by atoms with E-state index < -0.39 is 29.7 Å². The number of nitrogens with one attached hydrogen (secondary N) is 2. The number of nitrogen functional groups attached to an aromatic ring is 1. The quantitative estimate of drug-likeness (QED) is 0.0470. The zero-order chi connectivity index (χ0) is 49.7. The standard InChI is InChI=1S/C50H57N9O12/c1-32(70-24-23-69-22-21-68-20-19-67-18-17-66-16-15-52-39-6-4-5-38-45(39)49(63)59(48(38)62)41-12-14-44(60)56-47(41)61)58-30-36(28-54-58)35-26-40-46(53-27-35)57(50(51)55-40)29-34-9-13-42(43(25-34)65-3)71-31-33-7-10-37(64-2)11-8-33/h4-11,13,25-28,30,32,41,52H,12,14-24,29,31H2,1-3H3,(H2,51,55)(H,56,60,61). The Hall–Kier alpha value is -7.43. The predicted octanol–water partition coefficient (Wildman–Crippen LogP) is 4.64. The zero-order valence-electron chi connectivity index (χ0n) is 39.8. The number of aromatic nitrogens is 5. The highest BCUT2D eigenvalue weighted by atomic mass is 16.6. The van der Waals surface area contributed by atoms with E-state index in [0.29, 0.717) is 113 Å². The summed E-state index contributed by atoms with van der Waals surface area (Å²) in [4.78, 5) is 60.5. The molecule has 3 aromatic heterocycles. The molecule has 0 aliphatic carbocycles. The van der Waals surface area contributed by atoms with Crippen LogP contribution in [-0.4, -0.2) is 139 Å². The number of pyridine rings is 1. The summed E-state index contributed by atoms with van der Waals surface area (Å²) in [5, 5.41) is 9.86. The molecular weight excluding hydrogens is 919 g/mol. The molecule has 21 nitrogen and oxygen atoms in total. The summed E-state index contributed by atoms with van der Waals surface area (Å²) in [6, 6.07) is 19.3. The number of nitrogens with zero attached hydrogens (tertiary/aromatic N) is 6. The number of imide groups is 2. The fraction of sp³-hybridized carbons (Fsp3) is 0.380. The number of ether oxygens (including phenoxy) is 8. The Bertz CT molecular complexity index is 2810. The maximum absolute atomic E-state index is 13.2. The summed E-state index contributed by atoms with van der Waals surface area (Å²) in [6.07, 6.45) is 5.24. The van der Waals surface area contributed by atoms with Crippen LogP contribution >= 0.6 is 0 Å². The lowest BCUT2D eigenvalue weighted by Gasteiger charge is -2.27. The van der Waals surface area contributed by atoms with E-state index in [1.165, 1.54) is 0 Å². The first-order chi connectivity index (χ1) is 34.6. The number of methoxy groups -OCH3 is 2. The van der Waals surface area contributed by atoms with Crippen molar-refractivity contribution in [2.45, 2.75) is 45.2 Å². The molecule has 3 aromatic carbocycles. The van der Waals surface area contributed by atoms with Gasteiger partial charge >= 0.3 is 0 Å². The Morgan fingerprint density at radius 1 is 0.789 bits per heavy atom. The molecule has 2 atom stereocenters. The van der Waals surface area contributed by atoms with Gasteiger partial charge in [-0.15, -0.1) is 0 Å². The summed E-state index contributed by atoms with van der Waals surface area (Å²) >= 11 is 0. The Morgan fingerprint density at radius 2 is 1.51 bits per heavy atom. The molecule has 4 N–H and O–H groups in total. The molecule has 0 radical (unpaired) electrons. The van der Waals surface area contributed by atoms with Crippen LogP contribution in [0.5, 0.6) is 17.2 Å². The Balaban J connectivity index is 0.671. The summed E-state index contributed by atoms with van der Waals surface area (Å²) in [5.41, 5.74) is 12.2. The van der Waals surface area contributed by atoms with Crippen molar-refractivity contribution in [3.05, 3.63) is 108 Å². The fourth-order valence-corrected chi connectivity index (χ4v) is 8.06. The van der Waals surface area contributed by atoms with Crippen LogP contribution in [0, 0.1) is 0 Å². The average Bonchev–Trinajstić information content (AvgIpc) is 4.07. The van der Waals surface area contributed by atoms with Crippen molar-refractivity contribution in [3.8, 4) is 28.4 Å². The molecule has 1 saturated heterocycles. The van der Waals surface area contributed by atoms with Crippen LogP contribution in [0.3, 0.4) is 0 Å². The minimum atomic E-state index is -1.02. The van der Waals surface area contributed by atoms with Gasteiger partial charge in [0.15, 0.2) is 17.1 Å². The lowest BCUT2D eigenvalue weighted by Crippen LogP contribution is -2.54. The van der Waals surface area contributed by atoms with Gasteiger partial charge in [-0.1, -0.05) is 24.3 Å². The fourth-order valence-electron chi connectivity index (χ4n) is 8.06. The van der Waals surface area contributed by atoms with Crippen LogP contribution < -0.4 is 30.6 Å². The van der Waals surface area contributed by atoms with Gasteiger partial charge in [0.1, 0.15) is 30.1 Å². The second-order valence-electron chi connectivity index (χ2n) is 16.5. The molecule has 8 rings (SSSR count). The molecule has 0 spiro atoms. The SMILES string of the molecule is COc1ccc(COc2ccc(Cn3c(N)nc4cc(-c5cnn(C(C)OCCOCCOCCOCCOCCNc6cccc7c6C(=O)N(C6CCC(=O)NC6=O)C7=O)c5)cnc43)cc2OC)cc1. The van der Waals surface area contributed by atoms with Gasteiger partial charge in [-0.25, -0.2) is 14.6 Å². The molecule has 374 valence electrons. The van der Waals surface area contributed by atoms with Crippen molar-refractivity contribution in [1.82, 2.24) is 34.5 Å². The number of hydrogen-bond donors (Lipinski definition) is 3. The summed E-state index contributed by atoms with van der Waals surface area (Å²) in [6.45, 7) is 6.46. The minimum absolute atomic E-state index is 0.0570. The smallest absolute Gasteiger partial charge is 0.264 e. The Kier molecular flexibility index (Phi) is 16.8. The summed E-state index contributed by atoms with van der Waals surface area (Å²) in [5.74, 6) is 0.158. The van der Waals surface area contributed by atoms with E-state index in [2.05, 4.69) is 20.7 Å². The minimum Gasteiger partial charge on any atom is -0.497 e. The van der Waals surface area contributed by atoms with Crippen LogP contribution in [0.2, 0.25) is 0 Å². The third-order valence-electron chi connectivity index (χ3n) is 11.8. The topological polar surface area (TPSA) is 244 Å². The highest BCUT2D eigenvalue weighted by Crippen LogP contribution is 2.33. The third-order valence-corrected chi connectivity index (χ3v) is 11.8. The van der Waals surface area contributed by atoms with E-state index in [0.717, 1.165) is 32.9 Å². The molecule has 6 aromatic rings. The normalized spacial score (nSPS) is 15.0. The van der Waals surface area contributed by atoms with Gasteiger partial charge in [-0.05, 0) is 66.9 Å². The molecule has 71 heavy (non-hydrogen) atoms. The van der Waals surface area contributed by atoms with E-state index >= 15 is 0 Å². The van der Waals surface area contributed by atoms with Crippen molar-refractivity contribution in [2.75, 3.05) is 91.3 Å². The van der Waals surface area contributed by atoms with Gasteiger partial charge in [0.05, 0.1) is 97.6 Å². The lowest BCUT2D eigenvalue weighted by atomic mass is 10.0. The molecule has 2 aliphatic rings. The van der Waals surface area contributed by atoms with Gasteiger partial charge in [0.2, 0.25) is 17.8 Å². The van der Waals surface area contributed by atoms with Gasteiger partial charge in [0.25, 0.3) is 11.8 Å². The molecule has 1 fully saturated rings. The van der Waals surface area contributed by atoms with Crippen LogP contribution in [0.1, 0.15) is 57.8 Å². The number of rotatable bonds is 27. The summed E-state index contributed by atoms with van der Waals surface area (Å²) in [7, 11) is 3.25. The highest BCUT2D eigenvalue weighted by molar-refractivity contribution is 6.25. The average molecular weight is 976 g/mol. The number of piperidine rings is 1. The van der Waals surface area contributed by atoms with E-state index in [9.17, 15) is 19.2 Å². The number of hydrogen-bond acceptors (Lipinski definition) is 17. The number of carbonyl (C=O) groups is 4. The summed E-state index contributed by atoms with van der Waals surface area (Å²) < 4.78 is 49.0. The Labute approximate surface area is 409 Å². The van der Waals surface area contributed by atoms with Crippen LogP contribution in [0.4, 0.5) is 11.6 Å². The van der Waals surface area contributed by atoms with Gasteiger partial charge in [-0.2, -0.15) is 5.10 Å². The molecule has 2 unspecified atom stereocenters. The van der Waals surface area contributed by atoms with E-state index in [4.69, 9.17) is 48.6 Å². The molecular formula is C50H57N9O12. The highest BCUT2D eigenvalue weighted by Gasteiger charge is 2.45. The maximum atomic E-state index is 13.2. The molecule has 0 saturated carbocycles. The second kappa shape index (κ2) is 23.9. The molecule has 5 heterocycles. The molecule has 21 heteroatoms. The lowest BCUT2D eigenvalue weighted by molar-refractivity contribution is -0.136. The molecule has 4 amide bonds. The van der Waals surface area contributed by atoms with E-state index in [1.54, 1.807) is 49.5 Å². The van der Waals surface area contributed by atoms with Crippen molar-refractivity contribution in [1.29, 1.82) is 0 Å². The number of carbonyl (C=O) groups excluding carboxylic acids is 4. The van der Waals surface area contributed by atoms with Gasteiger partial charge < -0.3 is 48.9 Å². The first kappa shape index (κ1) is 50.0. The number of benzene rings is 3. The van der Waals surface area contributed by atoms with Gasteiger partial charge in [-0.3, -0.25) is 34.0 Å². The first-order valence-electron chi connectivity index (χ1n) is 23.2. The Morgan fingerprint density at radius 3 is 2.23 bits per heavy atom. The predicted molar refractivity (Wildman–Crippen MR) is 258 cm³/mol. The number of fused-ring (bicyclic) bond motifs is 2. The number of nitrogens with two attached hydrogens (primary N) is 1. The van der Waals surface area contributed by atoms with Crippen LogP contribution in [-0.2, 0) is 46.4 Å². The van der Waals surface area contributed by atoms with Crippen molar-refractivity contribution < 1.29 is 57.1 Å². The second-order valence-corrected chi connectivity index (χ2v) is 16.5. The molecule has 0 bridgehead atoms. The van der Waals surface area contributed by atoms with Crippen LogP contribution in [0.15, 0.2) is 85.3 Å². The molecule has 2 aliphatic heterocycles. The number of imidazole rings is 1. The maximum Gasteiger partial charge on any atom is 0.264 e. The number of amides is 4. The first-order valence-corrected chi connectivity index (χ1v) is 23.2. The zero-order valence-corrected chi connectivity index (χ0v) is 39.8. The van der Waals surface area contributed by atoms with E-state index in [-0.39, 0.29) is 30.2 Å². The van der Waals surface area contributed by atoms with E-state index in [1.807, 2.05) is 66.2 Å². The third kappa shape index (κ3) is 12.3. The van der Waals surface area contributed by atoms with Crippen molar-refractivity contribution >= 4 is 46.4 Å².